The average Bonchev–Trinajstić information content (AvgIpc) is 3.09. The summed E-state index contributed by atoms with van der Waals surface area (Å²) >= 11 is 0. The van der Waals surface area contributed by atoms with Crippen LogP contribution in [0.2, 0.25) is 0 Å². The lowest BCUT2D eigenvalue weighted by Crippen LogP contribution is -2.15. The van der Waals surface area contributed by atoms with Gasteiger partial charge in [-0.15, -0.1) is 5.10 Å². The number of carbonyl (C=O) groups is 1. The Hall–Kier alpha value is -3.55. The lowest BCUT2D eigenvalue weighted by Gasteiger charge is -2.11. The lowest BCUT2D eigenvalue weighted by atomic mass is 10.2. The van der Waals surface area contributed by atoms with E-state index in [1.54, 1.807) is 44.0 Å². The standard InChI is InChI=1S/C19H20N4O4/c1-12-18(21-22-23(12)15-7-5-6-8-16(15)26-3)19(24)20-14-10-9-13(25-2)11-17(14)27-4/h5-11H,1-4H3,(H,20,24). The summed E-state index contributed by atoms with van der Waals surface area (Å²) in [7, 11) is 4.66. The van der Waals surface area contributed by atoms with Crippen molar-refractivity contribution < 1.29 is 19.0 Å². The van der Waals surface area contributed by atoms with Gasteiger partial charge >= 0.3 is 0 Å². The Morgan fingerprint density at radius 3 is 2.44 bits per heavy atom. The van der Waals surface area contributed by atoms with E-state index in [0.29, 0.717) is 34.3 Å². The number of amides is 1. The molecule has 2 aromatic carbocycles. The SMILES string of the molecule is COc1ccc(NC(=O)c2nnn(-c3ccccc3OC)c2C)c(OC)c1. The summed E-state index contributed by atoms with van der Waals surface area (Å²) in [4.78, 5) is 12.7. The maximum atomic E-state index is 12.7. The maximum absolute atomic E-state index is 12.7. The van der Waals surface area contributed by atoms with Crippen molar-refractivity contribution in [2.24, 2.45) is 0 Å². The molecule has 0 unspecified atom stereocenters. The minimum atomic E-state index is -0.392. The first-order valence-electron chi connectivity index (χ1n) is 8.18. The molecule has 1 amide bonds. The molecular formula is C19H20N4O4. The normalized spacial score (nSPS) is 10.4. The molecule has 1 aromatic heterocycles. The Morgan fingerprint density at radius 2 is 1.74 bits per heavy atom. The molecule has 140 valence electrons. The van der Waals surface area contributed by atoms with Gasteiger partial charge in [-0.25, -0.2) is 4.68 Å². The van der Waals surface area contributed by atoms with Gasteiger partial charge in [-0.2, -0.15) is 0 Å². The molecule has 0 bridgehead atoms. The van der Waals surface area contributed by atoms with E-state index in [0.717, 1.165) is 0 Å². The number of hydrogen-bond acceptors (Lipinski definition) is 6. The molecule has 1 N–H and O–H groups in total. The smallest absolute Gasteiger partial charge is 0.278 e. The Morgan fingerprint density at radius 1 is 1.00 bits per heavy atom. The quantitative estimate of drug-likeness (QED) is 0.720. The van der Waals surface area contributed by atoms with Crippen molar-refractivity contribution in [2.45, 2.75) is 6.92 Å². The van der Waals surface area contributed by atoms with Crippen LogP contribution in [0.25, 0.3) is 5.69 Å². The van der Waals surface area contributed by atoms with Crippen molar-refractivity contribution in [3.05, 3.63) is 53.9 Å². The number of nitrogens with zero attached hydrogens (tertiary/aromatic N) is 3. The van der Waals surface area contributed by atoms with Crippen LogP contribution in [-0.2, 0) is 0 Å². The zero-order valence-corrected chi connectivity index (χ0v) is 15.5. The van der Waals surface area contributed by atoms with Crippen LogP contribution < -0.4 is 19.5 Å². The third-order valence-electron chi connectivity index (χ3n) is 4.08. The van der Waals surface area contributed by atoms with E-state index in [-0.39, 0.29) is 5.69 Å². The molecule has 0 radical (unpaired) electrons. The summed E-state index contributed by atoms with van der Waals surface area (Å²) < 4.78 is 17.4. The summed E-state index contributed by atoms with van der Waals surface area (Å²) in [5.41, 5.74) is 2.00. The van der Waals surface area contributed by atoms with E-state index in [9.17, 15) is 4.79 Å². The second-order valence-corrected chi connectivity index (χ2v) is 5.63. The molecule has 0 aliphatic rings. The number of benzene rings is 2. The number of methoxy groups -OCH3 is 3. The lowest BCUT2D eigenvalue weighted by molar-refractivity contribution is 0.102. The fraction of sp³-hybridized carbons (Fsp3) is 0.211. The minimum absolute atomic E-state index is 0.207. The number of aromatic nitrogens is 3. The zero-order valence-electron chi connectivity index (χ0n) is 15.5. The van der Waals surface area contributed by atoms with Crippen LogP contribution in [0.15, 0.2) is 42.5 Å². The molecule has 0 saturated heterocycles. The summed E-state index contributed by atoms with van der Waals surface area (Å²) in [6.07, 6.45) is 0. The van der Waals surface area contributed by atoms with Crippen LogP contribution in [0.4, 0.5) is 5.69 Å². The Labute approximate surface area is 156 Å². The largest absolute Gasteiger partial charge is 0.497 e. The monoisotopic (exact) mass is 368 g/mol. The number of carbonyl (C=O) groups excluding carboxylic acids is 1. The van der Waals surface area contributed by atoms with Crippen LogP contribution in [0.1, 0.15) is 16.2 Å². The number of ether oxygens (including phenoxy) is 3. The first-order valence-corrected chi connectivity index (χ1v) is 8.18. The van der Waals surface area contributed by atoms with E-state index in [2.05, 4.69) is 15.6 Å². The third-order valence-corrected chi connectivity index (χ3v) is 4.08. The highest BCUT2D eigenvalue weighted by atomic mass is 16.5. The summed E-state index contributed by atoms with van der Waals surface area (Å²) in [5.74, 6) is 1.35. The molecule has 27 heavy (non-hydrogen) atoms. The number of para-hydroxylation sites is 2. The Kier molecular flexibility index (Phi) is 5.25. The summed E-state index contributed by atoms with van der Waals surface area (Å²) in [5, 5.41) is 10.9. The number of nitrogens with one attached hydrogen (secondary N) is 1. The number of rotatable bonds is 6. The van der Waals surface area contributed by atoms with Crippen LogP contribution in [-0.4, -0.2) is 42.2 Å². The second-order valence-electron chi connectivity index (χ2n) is 5.63. The van der Waals surface area contributed by atoms with Crippen molar-refractivity contribution in [3.63, 3.8) is 0 Å². The van der Waals surface area contributed by atoms with Crippen molar-refractivity contribution in [2.75, 3.05) is 26.6 Å². The van der Waals surface area contributed by atoms with Crippen molar-refractivity contribution >= 4 is 11.6 Å². The van der Waals surface area contributed by atoms with Crippen LogP contribution in [0.3, 0.4) is 0 Å². The van der Waals surface area contributed by atoms with E-state index in [1.165, 1.54) is 7.11 Å². The molecule has 0 saturated carbocycles. The fourth-order valence-corrected chi connectivity index (χ4v) is 2.66. The molecular weight excluding hydrogens is 348 g/mol. The van der Waals surface area contributed by atoms with Gasteiger partial charge in [0.2, 0.25) is 0 Å². The van der Waals surface area contributed by atoms with Crippen molar-refractivity contribution in [3.8, 4) is 22.9 Å². The first kappa shape index (κ1) is 18.2. The van der Waals surface area contributed by atoms with Crippen LogP contribution in [0, 0.1) is 6.92 Å². The van der Waals surface area contributed by atoms with Gasteiger partial charge in [-0.1, -0.05) is 17.3 Å². The molecule has 0 fully saturated rings. The molecule has 8 nitrogen and oxygen atoms in total. The molecule has 0 atom stereocenters. The zero-order chi connectivity index (χ0) is 19.4. The minimum Gasteiger partial charge on any atom is -0.497 e. The van der Waals surface area contributed by atoms with E-state index in [1.807, 2.05) is 24.3 Å². The molecule has 1 heterocycles. The topological polar surface area (TPSA) is 87.5 Å². The van der Waals surface area contributed by atoms with Gasteiger partial charge in [0.1, 0.15) is 22.9 Å². The highest BCUT2D eigenvalue weighted by Gasteiger charge is 2.20. The van der Waals surface area contributed by atoms with Gasteiger partial charge in [0.25, 0.3) is 5.91 Å². The highest BCUT2D eigenvalue weighted by molar-refractivity contribution is 6.04. The predicted octanol–water partition coefficient (Wildman–Crippen LogP) is 2.85. The fourth-order valence-electron chi connectivity index (χ4n) is 2.66. The molecule has 0 aliphatic carbocycles. The van der Waals surface area contributed by atoms with Gasteiger partial charge < -0.3 is 19.5 Å². The third kappa shape index (κ3) is 3.55. The van der Waals surface area contributed by atoms with Gasteiger partial charge in [0, 0.05) is 6.07 Å². The number of anilines is 1. The van der Waals surface area contributed by atoms with Gasteiger partial charge in [-0.3, -0.25) is 4.79 Å². The number of hydrogen-bond donors (Lipinski definition) is 1. The van der Waals surface area contributed by atoms with Crippen LogP contribution in [0.5, 0.6) is 17.2 Å². The Balaban J connectivity index is 1.90. The molecule has 0 aliphatic heterocycles. The van der Waals surface area contributed by atoms with E-state index in [4.69, 9.17) is 14.2 Å². The molecule has 3 aromatic rings. The van der Waals surface area contributed by atoms with Crippen molar-refractivity contribution in [1.82, 2.24) is 15.0 Å². The van der Waals surface area contributed by atoms with Gasteiger partial charge in [0.15, 0.2) is 5.69 Å². The predicted molar refractivity (Wildman–Crippen MR) is 100 cm³/mol. The van der Waals surface area contributed by atoms with Gasteiger partial charge in [0.05, 0.1) is 32.7 Å². The summed E-state index contributed by atoms with van der Waals surface area (Å²) in [6, 6.07) is 12.5. The average molecular weight is 368 g/mol. The molecule has 0 spiro atoms. The second kappa shape index (κ2) is 7.77. The first-order chi connectivity index (χ1) is 13.1. The van der Waals surface area contributed by atoms with E-state index < -0.39 is 5.91 Å². The highest BCUT2D eigenvalue weighted by Crippen LogP contribution is 2.30. The molecule has 8 heteroatoms. The molecule has 3 rings (SSSR count). The van der Waals surface area contributed by atoms with E-state index >= 15 is 0 Å². The van der Waals surface area contributed by atoms with Crippen molar-refractivity contribution in [1.29, 1.82) is 0 Å². The van der Waals surface area contributed by atoms with Gasteiger partial charge in [-0.05, 0) is 31.2 Å². The maximum Gasteiger partial charge on any atom is 0.278 e. The van der Waals surface area contributed by atoms with Crippen LogP contribution >= 0.6 is 0 Å². The Bertz CT molecular complexity index is 968. The summed E-state index contributed by atoms with van der Waals surface area (Å²) in [6.45, 7) is 1.77.